The Morgan fingerprint density at radius 2 is 1.93 bits per heavy atom. The van der Waals surface area contributed by atoms with Gasteiger partial charge in [-0.05, 0) is 47.7 Å². The lowest BCUT2D eigenvalue weighted by Gasteiger charge is -2.14. The number of thioether (sulfide) groups is 1. The van der Waals surface area contributed by atoms with Crippen molar-refractivity contribution >= 4 is 40.6 Å². The monoisotopic (exact) mass is 451 g/mol. The molecule has 0 spiro atoms. The molecule has 158 valence electrons. The van der Waals surface area contributed by atoms with Gasteiger partial charge in [-0.1, -0.05) is 23.7 Å². The first-order valence-electron chi connectivity index (χ1n) is 8.92. The zero-order valence-corrected chi connectivity index (χ0v) is 17.9. The normalized spacial score (nSPS) is 15.2. The van der Waals surface area contributed by atoms with Gasteiger partial charge in [0.2, 0.25) is 0 Å². The molecule has 2 aromatic rings. The van der Waals surface area contributed by atoms with Crippen LogP contribution >= 0.6 is 23.4 Å². The summed E-state index contributed by atoms with van der Waals surface area (Å²) in [6.07, 6.45) is 1.58. The van der Waals surface area contributed by atoms with Gasteiger partial charge in [0.05, 0.1) is 25.2 Å². The van der Waals surface area contributed by atoms with Gasteiger partial charge in [0, 0.05) is 17.7 Å². The molecule has 6 nitrogen and oxygen atoms in total. The van der Waals surface area contributed by atoms with Gasteiger partial charge in [0.1, 0.15) is 12.4 Å². The molecule has 30 heavy (non-hydrogen) atoms. The summed E-state index contributed by atoms with van der Waals surface area (Å²) in [7, 11) is 3.09. The van der Waals surface area contributed by atoms with Crippen LogP contribution in [-0.2, 0) is 16.1 Å². The van der Waals surface area contributed by atoms with E-state index in [1.54, 1.807) is 31.4 Å². The van der Waals surface area contributed by atoms with Gasteiger partial charge in [0.15, 0.2) is 11.5 Å². The fraction of sp³-hybridized carbons (Fsp3) is 0.238. The van der Waals surface area contributed by atoms with Crippen molar-refractivity contribution in [2.24, 2.45) is 0 Å². The molecule has 0 bridgehead atoms. The van der Waals surface area contributed by atoms with Crippen LogP contribution < -0.4 is 9.47 Å². The topological polar surface area (TPSA) is 65.1 Å². The smallest absolute Gasteiger partial charge is 0.293 e. The van der Waals surface area contributed by atoms with Crippen molar-refractivity contribution in [2.75, 3.05) is 27.4 Å². The minimum Gasteiger partial charge on any atom is -0.493 e. The first kappa shape index (κ1) is 22.1. The molecule has 3 rings (SSSR count). The van der Waals surface area contributed by atoms with E-state index < -0.39 is 17.0 Å². The number of carbonyl (C=O) groups is 2. The Kier molecular flexibility index (Phi) is 7.36. The van der Waals surface area contributed by atoms with Crippen molar-refractivity contribution in [1.29, 1.82) is 0 Å². The van der Waals surface area contributed by atoms with Gasteiger partial charge in [-0.3, -0.25) is 14.5 Å². The molecule has 2 aromatic carbocycles. The molecule has 0 saturated carbocycles. The first-order valence-corrected chi connectivity index (χ1v) is 10.1. The fourth-order valence-electron chi connectivity index (χ4n) is 2.76. The fourth-order valence-corrected chi connectivity index (χ4v) is 3.82. The van der Waals surface area contributed by atoms with Gasteiger partial charge < -0.3 is 14.2 Å². The molecule has 0 aromatic heterocycles. The number of rotatable bonds is 8. The summed E-state index contributed by atoms with van der Waals surface area (Å²) in [5, 5.41) is -0.330. The van der Waals surface area contributed by atoms with Gasteiger partial charge in [-0.15, -0.1) is 0 Å². The third-order valence-electron chi connectivity index (χ3n) is 4.28. The Morgan fingerprint density at radius 1 is 1.13 bits per heavy atom. The highest BCUT2D eigenvalue weighted by Gasteiger charge is 2.35. The van der Waals surface area contributed by atoms with Crippen LogP contribution in [0.4, 0.5) is 9.18 Å². The highest BCUT2D eigenvalue weighted by molar-refractivity contribution is 8.18. The van der Waals surface area contributed by atoms with Crippen molar-refractivity contribution < 1.29 is 28.2 Å². The molecule has 1 aliphatic heterocycles. The van der Waals surface area contributed by atoms with E-state index in [9.17, 15) is 14.0 Å². The Labute approximate surface area is 182 Å². The van der Waals surface area contributed by atoms with Crippen molar-refractivity contribution in [3.8, 4) is 11.5 Å². The zero-order valence-electron chi connectivity index (χ0n) is 16.3. The van der Waals surface area contributed by atoms with E-state index in [0.29, 0.717) is 30.3 Å². The van der Waals surface area contributed by atoms with Crippen molar-refractivity contribution in [1.82, 2.24) is 4.90 Å². The summed E-state index contributed by atoms with van der Waals surface area (Å²) in [6.45, 7) is 0.566. The van der Waals surface area contributed by atoms with E-state index in [4.69, 9.17) is 25.8 Å². The molecule has 9 heteroatoms. The third-order valence-corrected chi connectivity index (χ3v) is 5.54. The maximum absolute atomic E-state index is 14.0. The summed E-state index contributed by atoms with van der Waals surface area (Å²) in [4.78, 5) is 26.3. The van der Waals surface area contributed by atoms with Crippen LogP contribution in [0.25, 0.3) is 6.08 Å². The van der Waals surface area contributed by atoms with E-state index in [1.165, 1.54) is 25.3 Å². The number of amides is 2. The van der Waals surface area contributed by atoms with E-state index >= 15 is 0 Å². The summed E-state index contributed by atoms with van der Waals surface area (Å²) in [6, 6.07) is 9.36. The minimum atomic E-state index is -0.570. The highest BCUT2D eigenvalue weighted by Crippen LogP contribution is 2.36. The molecule has 1 saturated heterocycles. The molecular formula is C21H19ClFNO5S. The number of carbonyl (C=O) groups excluding carboxylic acids is 2. The number of hydrogen-bond donors (Lipinski definition) is 0. The number of hydrogen-bond acceptors (Lipinski definition) is 6. The van der Waals surface area contributed by atoms with Gasteiger partial charge in [0.25, 0.3) is 11.1 Å². The quantitative estimate of drug-likeness (QED) is 0.426. The van der Waals surface area contributed by atoms with E-state index in [1.807, 2.05) is 0 Å². The molecule has 1 fully saturated rings. The lowest BCUT2D eigenvalue weighted by Crippen LogP contribution is -2.28. The van der Waals surface area contributed by atoms with Gasteiger partial charge in [-0.2, -0.15) is 0 Å². The molecule has 1 heterocycles. The molecule has 0 N–H and O–H groups in total. The lowest BCUT2D eigenvalue weighted by molar-refractivity contribution is -0.123. The van der Waals surface area contributed by atoms with Gasteiger partial charge >= 0.3 is 0 Å². The summed E-state index contributed by atoms with van der Waals surface area (Å²) < 4.78 is 29.9. The van der Waals surface area contributed by atoms with E-state index in [2.05, 4.69) is 0 Å². The maximum atomic E-state index is 14.0. The first-order chi connectivity index (χ1) is 14.4. The van der Waals surface area contributed by atoms with Gasteiger partial charge in [-0.25, -0.2) is 4.39 Å². The summed E-state index contributed by atoms with van der Waals surface area (Å²) in [5.41, 5.74) is 0.752. The Balaban J connectivity index is 1.79. The Morgan fingerprint density at radius 3 is 2.63 bits per heavy atom. The maximum Gasteiger partial charge on any atom is 0.293 e. The average Bonchev–Trinajstić information content (AvgIpc) is 2.98. The van der Waals surface area contributed by atoms with Crippen LogP contribution in [-0.4, -0.2) is 43.5 Å². The number of ether oxygens (including phenoxy) is 3. The van der Waals surface area contributed by atoms with Crippen LogP contribution in [0.5, 0.6) is 11.5 Å². The van der Waals surface area contributed by atoms with Crippen LogP contribution in [0.3, 0.4) is 0 Å². The largest absolute Gasteiger partial charge is 0.493 e. The average molecular weight is 452 g/mol. The van der Waals surface area contributed by atoms with Crippen molar-refractivity contribution in [3.05, 3.63) is 63.3 Å². The lowest BCUT2D eigenvalue weighted by atomic mass is 10.1. The molecular weight excluding hydrogens is 433 g/mol. The molecule has 2 amide bonds. The zero-order chi connectivity index (χ0) is 21.7. The predicted octanol–water partition coefficient (Wildman–Crippen LogP) is 4.75. The van der Waals surface area contributed by atoms with E-state index in [0.717, 1.165) is 16.7 Å². The summed E-state index contributed by atoms with van der Waals surface area (Å²) >= 11 is 6.81. The standard InChI is InChI=1S/C21H19ClFNO5S/c1-27-8-9-29-17-7-6-13(10-18(17)28-2)11-19-20(25)24(21(26)30-19)12-14-15(22)4-3-5-16(14)23/h3-7,10-11H,8-9,12H2,1-2H3/b19-11-. The molecule has 0 atom stereocenters. The SMILES string of the molecule is COCCOc1ccc(/C=C2\SC(=O)N(Cc3c(F)cccc3Cl)C2=O)cc1OC. The van der Waals surface area contributed by atoms with Crippen molar-refractivity contribution in [2.45, 2.75) is 6.54 Å². The summed E-state index contributed by atoms with van der Waals surface area (Å²) in [5.74, 6) is -0.0609. The van der Waals surface area contributed by atoms with Crippen LogP contribution in [0.1, 0.15) is 11.1 Å². The highest BCUT2D eigenvalue weighted by atomic mass is 35.5. The Hall–Kier alpha value is -2.55. The predicted molar refractivity (Wildman–Crippen MR) is 113 cm³/mol. The van der Waals surface area contributed by atoms with Crippen molar-refractivity contribution in [3.63, 3.8) is 0 Å². The second-order valence-electron chi connectivity index (χ2n) is 6.22. The Bertz CT molecular complexity index is 977. The number of benzene rings is 2. The number of methoxy groups -OCH3 is 2. The van der Waals surface area contributed by atoms with Crippen LogP contribution in [0.15, 0.2) is 41.3 Å². The molecule has 0 radical (unpaired) electrons. The second kappa shape index (κ2) is 9.97. The third kappa shape index (κ3) is 4.95. The van der Waals surface area contributed by atoms with Crippen LogP contribution in [0.2, 0.25) is 5.02 Å². The molecule has 0 aliphatic carbocycles. The number of halogens is 2. The molecule has 0 unspecified atom stereocenters. The number of nitrogens with zero attached hydrogens (tertiary/aromatic N) is 1. The van der Waals surface area contributed by atoms with E-state index in [-0.39, 0.29) is 22.0 Å². The minimum absolute atomic E-state index is 0.0990. The van der Waals surface area contributed by atoms with Crippen LogP contribution in [0, 0.1) is 5.82 Å². The molecule has 1 aliphatic rings. The number of imide groups is 1. The second-order valence-corrected chi connectivity index (χ2v) is 7.62.